The van der Waals surface area contributed by atoms with E-state index in [1.807, 2.05) is 7.05 Å². The quantitative estimate of drug-likeness (QED) is 0.614. The van der Waals surface area contributed by atoms with Gasteiger partial charge in [0, 0.05) is 25.2 Å². The molecule has 0 radical (unpaired) electrons. The zero-order valence-electron chi connectivity index (χ0n) is 11.6. The van der Waals surface area contributed by atoms with Crippen molar-refractivity contribution in [2.24, 2.45) is 0 Å². The van der Waals surface area contributed by atoms with Crippen molar-refractivity contribution in [2.45, 2.75) is 18.9 Å². The number of likely N-dealkylation sites (N-methyl/N-ethyl adjacent to an activating group) is 1. The maximum atomic E-state index is 13.8. The van der Waals surface area contributed by atoms with Gasteiger partial charge in [-0.05, 0) is 19.9 Å². The molecule has 0 unspecified atom stereocenters. The van der Waals surface area contributed by atoms with Crippen molar-refractivity contribution in [3.63, 3.8) is 0 Å². The molecule has 0 saturated heterocycles. The third-order valence-electron chi connectivity index (χ3n) is 3.42. The molecule has 1 saturated carbocycles. The molecule has 0 heterocycles. The number of nitro benzene ring substituents is 1. The van der Waals surface area contributed by atoms with Gasteiger partial charge in [-0.25, -0.2) is 4.39 Å². The van der Waals surface area contributed by atoms with E-state index in [4.69, 9.17) is 4.74 Å². The van der Waals surface area contributed by atoms with E-state index < -0.39 is 10.7 Å². The predicted molar refractivity (Wildman–Crippen MR) is 73.7 cm³/mol. The van der Waals surface area contributed by atoms with Crippen LogP contribution in [-0.4, -0.2) is 43.1 Å². The summed E-state index contributed by atoms with van der Waals surface area (Å²) in [7, 11) is 3.36. The number of ether oxygens (including phenoxy) is 1. The number of nitro groups is 1. The standard InChI is InChI=1S/C13H18FN3O3/c1-16(9-3-4-9)6-5-15-11-8-13(20-2)12(17(18)19)7-10(11)14/h7-9,15H,3-6H2,1-2H3. The molecule has 1 aliphatic rings. The Balaban J connectivity index is 2.01. The van der Waals surface area contributed by atoms with Crippen LogP contribution in [0.4, 0.5) is 15.8 Å². The first-order valence-corrected chi connectivity index (χ1v) is 6.49. The van der Waals surface area contributed by atoms with E-state index in [-0.39, 0.29) is 17.1 Å². The monoisotopic (exact) mass is 283 g/mol. The second-order valence-corrected chi connectivity index (χ2v) is 4.90. The van der Waals surface area contributed by atoms with Crippen LogP contribution in [0, 0.1) is 15.9 Å². The van der Waals surface area contributed by atoms with Crippen LogP contribution in [-0.2, 0) is 0 Å². The molecule has 0 aliphatic heterocycles. The summed E-state index contributed by atoms with van der Waals surface area (Å²) in [6.45, 7) is 1.37. The van der Waals surface area contributed by atoms with Gasteiger partial charge in [-0.15, -0.1) is 0 Å². The molecule has 0 amide bonds. The summed E-state index contributed by atoms with van der Waals surface area (Å²) in [6, 6.07) is 2.85. The Morgan fingerprint density at radius 2 is 2.25 bits per heavy atom. The summed E-state index contributed by atoms with van der Waals surface area (Å²) in [5.74, 6) is -0.596. The minimum atomic E-state index is -0.660. The van der Waals surface area contributed by atoms with Gasteiger partial charge in [0.05, 0.1) is 23.8 Å². The molecule has 6 nitrogen and oxygen atoms in total. The van der Waals surface area contributed by atoms with E-state index in [0.29, 0.717) is 12.6 Å². The van der Waals surface area contributed by atoms with Gasteiger partial charge in [0.15, 0.2) is 11.6 Å². The first kappa shape index (κ1) is 14.5. The fraction of sp³-hybridized carbons (Fsp3) is 0.538. The number of nitrogens with one attached hydrogen (secondary N) is 1. The Morgan fingerprint density at radius 1 is 1.55 bits per heavy atom. The molecule has 0 bridgehead atoms. The number of anilines is 1. The van der Waals surface area contributed by atoms with Crippen molar-refractivity contribution in [1.82, 2.24) is 4.90 Å². The lowest BCUT2D eigenvalue weighted by Crippen LogP contribution is -2.27. The average molecular weight is 283 g/mol. The molecule has 20 heavy (non-hydrogen) atoms. The Kier molecular flexibility index (Phi) is 4.39. The van der Waals surface area contributed by atoms with Crippen LogP contribution in [0.25, 0.3) is 0 Å². The van der Waals surface area contributed by atoms with Gasteiger partial charge in [-0.2, -0.15) is 0 Å². The highest BCUT2D eigenvalue weighted by Crippen LogP contribution is 2.32. The molecule has 110 valence electrons. The highest BCUT2D eigenvalue weighted by molar-refractivity contribution is 5.59. The van der Waals surface area contributed by atoms with E-state index in [2.05, 4.69) is 10.2 Å². The van der Waals surface area contributed by atoms with Crippen molar-refractivity contribution >= 4 is 11.4 Å². The lowest BCUT2D eigenvalue weighted by atomic mass is 10.2. The molecule has 1 fully saturated rings. The van der Waals surface area contributed by atoms with Crippen LogP contribution < -0.4 is 10.1 Å². The minimum Gasteiger partial charge on any atom is -0.490 e. The summed E-state index contributed by atoms with van der Waals surface area (Å²) in [6.07, 6.45) is 2.44. The SMILES string of the molecule is COc1cc(NCCN(C)C2CC2)c(F)cc1[N+](=O)[O-]. The zero-order chi connectivity index (χ0) is 14.7. The van der Waals surface area contributed by atoms with Gasteiger partial charge >= 0.3 is 5.69 Å². The third-order valence-corrected chi connectivity index (χ3v) is 3.42. The van der Waals surface area contributed by atoms with Crippen LogP contribution in [0.5, 0.6) is 5.75 Å². The summed E-state index contributed by atoms with van der Waals surface area (Å²) in [5, 5.41) is 13.7. The molecular formula is C13H18FN3O3. The molecule has 1 N–H and O–H groups in total. The van der Waals surface area contributed by atoms with E-state index >= 15 is 0 Å². The molecule has 1 aromatic carbocycles. The Hall–Kier alpha value is -1.89. The van der Waals surface area contributed by atoms with E-state index in [1.54, 1.807) is 0 Å². The van der Waals surface area contributed by atoms with Crippen LogP contribution >= 0.6 is 0 Å². The summed E-state index contributed by atoms with van der Waals surface area (Å²) >= 11 is 0. The van der Waals surface area contributed by atoms with Crippen LogP contribution in [0.1, 0.15) is 12.8 Å². The number of halogens is 1. The van der Waals surface area contributed by atoms with E-state index in [1.165, 1.54) is 26.0 Å². The van der Waals surface area contributed by atoms with Crippen molar-refractivity contribution in [3.05, 3.63) is 28.1 Å². The number of benzene rings is 1. The van der Waals surface area contributed by atoms with Gasteiger partial charge in [-0.3, -0.25) is 10.1 Å². The highest BCUT2D eigenvalue weighted by Gasteiger charge is 2.25. The second-order valence-electron chi connectivity index (χ2n) is 4.90. The topological polar surface area (TPSA) is 67.6 Å². The predicted octanol–water partition coefficient (Wildman–Crippen LogP) is 2.25. The molecule has 0 aromatic heterocycles. The number of rotatable bonds is 7. The van der Waals surface area contributed by atoms with Gasteiger partial charge in [-0.1, -0.05) is 0 Å². The second kappa shape index (κ2) is 6.04. The van der Waals surface area contributed by atoms with Gasteiger partial charge < -0.3 is 15.0 Å². The third kappa shape index (κ3) is 3.36. The first-order chi connectivity index (χ1) is 9.52. The smallest absolute Gasteiger partial charge is 0.313 e. The summed E-state index contributed by atoms with van der Waals surface area (Å²) in [5.41, 5.74) is -0.151. The molecular weight excluding hydrogens is 265 g/mol. The molecule has 1 aliphatic carbocycles. The van der Waals surface area contributed by atoms with Crippen molar-refractivity contribution in [3.8, 4) is 5.75 Å². The molecule has 7 heteroatoms. The van der Waals surface area contributed by atoms with Crippen LogP contribution in [0.3, 0.4) is 0 Å². The Labute approximate surface area is 116 Å². The van der Waals surface area contributed by atoms with Gasteiger partial charge in [0.1, 0.15) is 0 Å². The Bertz CT molecular complexity index is 506. The summed E-state index contributed by atoms with van der Waals surface area (Å²) < 4.78 is 18.7. The highest BCUT2D eigenvalue weighted by atomic mass is 19.1. The van der Waals surface area contributed by atoms with Gasteiger partial charge in [0.2, 0.25) is 0 Å². The number of nitrogens with zero attached hydrogens (tertiary/aromatic N) is 2. The number of hydrogen-bond donors (Lipinski definition) is 1. The van der Waals surface area contributed by atoms with Crippen LogP contribution in [0.15, 0.2) is 12.1 Å². The normalized spacial score (nSPS) is 14.4. The van der Waals surface area contributed by atoms with Crippen LogP contribution in [0.2, 0.25) is 0 Å². The van der Waals surface area contributed by atoms with Gasteiger partial charge in [0.25, 0.3) is 0 Å². The fourth-order valence-electron chi connectivity index (χ4n) is 2.05. The maximum Gasteiger partial charge on any atom is 0.313 e. The molecule has 1 aromatic rings. The minimum absolute atomic E-state index is 0.0504. The average Bonchev–Trinajstić information content (AvgIpc) is 3.24. The lowest BCUT2D eigenvalue weighted by molar-refractivity contribution is -0.385. The molecule has 0 atom stereocenters. The molecule has 2 rings (SSSR count). The van der Waals surface area contributed by atoms with Crippen molar-refractivity contribution in [1.29, 1.82) is 0 Å². The number of hydrogen-bond acceptors (Lipinski definition) is 5. The fourth-order valence-corrected chi connectivity index (χ4v) is 2.05. The summed E-state index contributed by atoms with van der Waals surface area (Å²) in [4.78, 5) is 12.3. The van der Waals surface area contributed by atoms with E-state index in [0.717, 1.165) is 12.6 Å². The number of methoxy groups -OCH3 is 1. The zero-order valence-corrected chi connectivity index (χ0v) is 11.6. The van der Waals surface area contributed by atoms with Crippen molar-refractivity contribution < 1.29 is 14.1 Å². The van der Waals surface area contributed by atoms with Crippen molar-refractivity contribution in [2.75, 3.05) is 32.6 Å². The largest absolute Gasteiger partial charge is 0.490 e. The van der Waals surface area contributed by atoms with E-state index in [9.17, 15) is 14.5 Å². The first-order valence-electron chi connectivity index (χ1n) is 6.49. The Morgan fingerprint density at radius 3 is 2.80 bits per heavy atom. The molecule has 0 spiro atoms. The maximum absolute atomic E-state index is 13.8. The lowest BCUT2D eigenvalue weighted by Gasteiger charge is -2.16.